The molecule has 0 radical (unpaired) electrons. The molecule has 31 heavy (non-hydrogen) atoms. The van der Waals surface area contributed by atoms with Crippen LogP contribution in [0.25, 0.3) is 11.4 Å². The van der Waals surface area contributed by atoms with E-state index in [2.05, 4.69) is 17.1 Å². The zero-order valence-electron chi connectivity index (χ0n) is 17.9. The number of benzene rings is 2. The van der Waals surface area contributed by atoms with Crippen LogP contribution in [0, 0.1) is 0 Å². The van der Waals surface area contributed by atoms with Gasteiger partial charge in [0.1, 0.15) is 0 Å². The van der Waals surface area contributed by atoms with Gasteiger partial charge in [0.2, 0.25) is 11.7 Å². The fourth-order valence-electron chi connectivity index (χ4n) is 3.15. The summed E-state index contributed by atoms with van der Waals surface area (Å²) in [4.78, 5) is 19.3. The van der Waals surface area contributed by atoms with E-state index in [9.17, 15) is 4.79 Å². The summed E-state index contributed by atoms with van der Waals surface area (Å²) >= 11 is 6.22. The zero-order chi connectivity index (χ0) is 22.2. The molecular formula is C23H26ClN3O4. The number of unbranched alkanes of at least 4 members (excludes halogenated alkanes) is 1. The van der Waals surface area contributed by atoms with Crippen molar-refractivity contribution in [3.8, 4) is 22.9 Å². The van der Waals surface area contributed by atoms with Crippen LogP contribution in [0.5, 0.6) is 11.5 Å². The predicted molar refractivity (Wildman–Crippen MR) is 119 cm³/mol. The fourth-order valence-corrected chi connectivity index (χ4v) is 3.37. The third kappa shape index (κ3) is 5.55. The van der Waals surface area contributed by atoms with E-state index in [1.165, 1.54) is 0 Å². The van der Waals surface area contributed by atoms with Gasteiger partial charge in [0, 0.05) is 25.1 Å². The summed E-state index contributed by atoms with van der Waals surface area (Å²) in [5.41, 5.74) is 1.25. The van der Waals surface area contributed by atoms with Crippen molar-refractivity contribution in [2.75, 3.05) is 27.3 Å². The number of hydrogen-bond donors (Lipinski definition) is 0. The number of nitrogens with zero attached hydrogens (tertiary/aromatic N) is 3. The summed E-state index contributed by atoms with van der Waals surface area (Å²) in [6.07, 6.45) is 2.33. The maximum absolute atomic E-state index is 13.0. The van der Waals surface area contributed by atoms with Gasteiger partial charge in [-0.25, -0.2) is 0 Å². The molecule has 0 fully saturated rings. The van der Waals surface area contributed by atoms with E-state index in [4.69, 9.17) is 25.6 Å². The van der Waals surface area contributed by atoms with Gasteiger partial charge in [-0.15, -0.1) is 0 Å². The van der Waals surface area contributed by atoms with Crippen LogP contribution in [-0.2, 0) is 6.42 Å². The van der Waals surface area contributed by atoms with Gasteiger partial charge in [0.15, 0.2) is 11.5 Å². The SMILES string of the molecule is CCCCN(CCc1nc(-c2ccc(OC)c(OC)c2)no1)C(=O)c1ccccc1Cl. The zero-order valence-corrected chi connectivity index (χ0v) is 18.7. The highest BCUT2D eigenvalue weighted by Gasteiger charge is 2.19. The fraction of sp³-hybridized carbons (Fsp3) is 0.348. The number of carbonyl (C=O) groups is 1. The summed E-state index contributed by atoms with van der Waals surface area (Å²) in [6.45, 7) is 3.18. The summed E-state index contributed by atoms with van der Waals surface area (Å²) in [7, 11) is 3.16. The number of hydrogen-bond acceptors (Lipinski definition) is 6. The van der Waals surface area contributed by atoms with Crippen molar-refractivity contribution < 1.29 is 18.8 Å². The largest absolute Gasteiger partial charge is 0.493 e. The molecule has 0 aliphatic carbocycles. The van der Waals surface area contributed by atoms with E-state index in [0.717, 1.165) is 18.4 Å². The standard InChI is InChI=1S/C23H26ClN3O4/c1-4-5-13-27(23(28)17-8-6-7-9-18(17)24)14-12-21-25-22(26-31-21)16-10-11-19(29-2)20(15-16)30-3/h6-11,15H,4-5,12-14H2,1-3H3. The number of aromatic nitrogens is 2. The molecule has 1 amide bonds. The molecule has 164 valence electrons. The lowest BCUT2D eigenvalue weighted by Gasteiger charge is -2.22. The molecule has 0 saturated carbocycles. The Morgan fingerprint density at radius 1 is 1.10 bits per heavy atom. The molecule has 2 aromatic carbocycles. The van der Waals surface area contributed by atoms with Gasteiger partial charge in [-0.05, 0) is 36.8 Å². The molecule has 1 aromatic heterocycles. The van der Waals surface area contributed by atoms with Crippen molar-refractivity contribution >= 4 is 17.5 Å². The van der Waals surface area contributed by atoms with Crippen LogP contribution < -0.4 is 9.47 Å². The molecule has 0 bridgehead atoms. The van der Waals surface area contributed by atoms with Crippen molar-refractivity contribution in [2.24, 2.45) is 0 Å². The molecule has 0 unspecified atom stereocenters. The highest BCUT2D eigenvalue weighted by molar-refractivity contribution is 6.33. The smallest absolute Gasteiger partial charge is 0.255 e. The summed E-state index contributed by atoms with van der Waals surface area (Å²) in [5, 5.41) is 4.51. The number of carbonyl (C=O) groups excluding carboxylic acids is 1. The van der Waals surface area contributed by atoms with Crippen LogP contribution in [0.4, 0.5) is 0 Å². The summed E-state index contributed by atoms with van der Waals surface area (Å²) in [5.74, 6) is 2.02. The Balaban J connectivity index is 1.72. The van der Waals surface area contributed by atoms with Gasteiger partial charge in [0.25, 0.3) is 5.91 Å². The molecule has 3 aromatic rings. The summed E-state index contributed by atoms with van der Waals surface area (Å²) in [6, 6.07) is 12.5. The lowest BCUT2D eigenvalue weighted by atomic mass is 10.1. The first kappa shape index (κ1) is 22.6. The second kappa shape index (κ2) is 10.8. The van der Waals surface area contributed by atoms with Crippen LogP contribution in [-0.4, -0.2) is 48.3 Å². The van der Waals surface area contributed by atoms with Crippen molar-refractivity contribution in [1.29, 1.82) is 0 Å². The molecular weight excluding hydrogens is 418 g/mol. The topological polar surface area (TPSA) is 77.7 Å². The number of ether oxygens (including phenoxy) is 2. The maximum atomic E-state index is 13.0. The lowest BCUT2D eigenvalue weighted by molar-refractivity contribution is 0.0752. The second-order valence-electron chi connectivity index (χ2n) is 6.96. The first-order chi connectivity index (χ1) is 15.1. The Hall–Kier alpha value is -3.06. The van der Waals surface area contributed by atoms with Gasteiger partial charge in [-0.2, -0.15) is 4.98 Å². The molecule has 3 rings (SSSR count). The Labute approximate surface area is 186 Å². The Morgan fingerprint density at radius 2 is 1.87 bits per heavy atom. The van der Waals surface area contributed by atoms with E-state index >= 15 is 0 Å². The predicted octanol–water partition coefficient (Wildman–Crippen LogP) is 4.89. The van der Waals surface area contributed by atoms with Crippen molar-refractivity contribution in [3.05, 3.63) is 58.9 Å². The molecule has 0 N–H and O–H groups in total. The Bertz CT molecular complexity index is 1020. The van der Waals surface area contributed by atoms with E-state index in [1.54, 1.807) is 43.4 Å². The third-order valence-corrected chi connectivity index (χ3v) is 5.21. The molecule has 0 atom stereocenters. The van der Waals surface area contributed by atoms with E-state index < -0.39 is 0 Å². The molecule has 7 nitrogen and oxygen atoms in total. The molecule has 0 saturated heterocycles. The minimum Gasteiger partial charge on any atom is -0.493 e. The minimum atomic E-state index is -0.0984. The molecule has 0 spiro atoms. The number of amides is 1. The number of rotatable bonds is 10. The summed E-state index contributed by atoms with van der Waals surface area (Å²) < 4.78 is 16.0. The number of methoxy groups -OCH3 is 2. The van der Waals surface area contributed by atoms with Gasteiger partial charge in [0.05, 0.1) is 24.8 Å². The number of halogens is 1. The van der Waals surface area contributed by atoms with Crippen LogP contribution in [0.2, 0.25) is 5.02 Å². The average Bonchev–Trinajstić information content (AvgIpc) is 3.27. The molecule has 0 aliphatic heterocycles. The quantitative estimate of drug-likeness (QED) is 0.444. The second-order valence-corrected chi connectivity index (χ2v) is 7.36. The van der Waals surface area contributed by atoms with Gasteiger partial charge >= 0.3 is 0 Å². The van der Waals surface area contributed by atoms with Gasteiger partial charge < -0.3 is 18.9 Å². The van der Waals surface area contributed by atoms with Crippen LogP contribution in [0.1, 0.15) is 36.0 Å². The van der Waals surface area contributed by atoms with Gasteiger partial charge in [-0.1, -0.05) is 42.2 Å². The Morgan fingerprint density at radius 3 is 2.58 bits per heavy atom. The highest BCUT2D eigenvalue weighted by Crippen LogP contribution is 2.31. The average molecular weight is 444 g/mol. The lowest BCUT2D eigenvalue weighted by Crippen LogP contribution is -2.34. The molecule has 1 heterocycles. The normalized spacial score (nSPS) is 10.7. The van der Waals surface area contributed by atoms with Crippen molar-refractivity contribution in [3.63, 3.8) is 0 Å². The van der Waals surface area contributed by atoms with E-state index in [1.807, 2.05) is 18.2 Å². The highest BCUT2D eigenvalue weighted by atomic mass is 35.5. The Kier molecular flexibility index (Phi) is 7.89. The first-order valence-corrected chi connectivity index (χ1v) is 10.5. The molecule has 0 aliphatic rings. The van der Waals surface area contributed by atoms with Crippen molar-refractivity contribution in [1.82, 2.24) is 15.0 Å². The maximum Gasteiger partial charge on any atom is 0.255 e. The van der Waals surface area contributed by atoms with E-state index in [0.29, 0.717) is 53.3 Å². The first-order valence-electron chi connectivity index (χ1n) is 10.2. The van der Waals surface area contributed by atoms with Gasteiger partial charge in [-0.3, -0.25) is 4.79 Å². The van der Waals surface area contributed by atoms with Crippen LogP contribution in [0.15, 0.2) is 47.0 Å². The van der Waals surface area contributed by atoms with E-state index in [-0.39, 0.29) is 5.91 Å². The van der Waals surface area contributed by atoms with Crippen LogP contribution >= 0.6 is 11.6 Å². The molecule has 8 heteroatoms. The monoisotopic (exact) mass is 443 g/mol. The van der Waals surface area contributed by atoms with Crippen molar-refractivity contribution in [2.45, 2.75) is 26.2 Å². The third-order valence-electron chi connectivity index (χ3n) is 4.88. The van der Waals surface area contributed by atoms with Crippen LogP contribution in [0.3, 0.4) is 0 Å². The minimum absolute atomic E-state index is 0.0984.